The van der Waals surface area contributed by atoms with Crippen LogP contribution in [0.15, 0.2) is 30.5 Å². The van der Waals surface area contributed by atoms with Crippen LogP contribution in [0.1, 0.15) is 0 Å². The molecule has 0 spiro atoms. The average Bonchev–Trinajstić information content (AvgIpc) is 2.69. The van der Waals surface area contributed by atoms with E-state index in [2.05, 4.69) is 4.98 Å². The zero-order chi connectivity index (χ0) is 12.7. The summed E-state index contributed by atoms with van der Waals surface area (Å²) < 4.78 is 0. The number of nitrogen functional groups attached to an aromatic ring is 1. The monoisotopic (exact) mass is 245 g/mol. The Morgan fingerprint density at radius 2 is 1.89 bits per heavy atom. The van der Waals surface area contributed by atoms with Gasteiger partial charge >= 0.3 is 0 Å². The standard InChI is InChI=1S/C13H15N3O2/c14-9-3-1-2-8-10(4-5-15-13(8)9)16-6-11(17)12(18)7-16/h1-5,11-12,17-18H,6-7,14H2. The predicted molar refractivity (Wildman–Crippen MR) is 70.4 cm³/mol. The summed E-state index contributed by atoms with van der Waals surface area (Å²) in [6.07, 6.45) is 0.300. The molecular formula is C13H15N3O2. The number of aromatic nitrogens is 1. The summed E-state index contributed by atoms with van der Waals surface area (Å²) in [5.41, 5.74) is 8.24. The highest BCUT2D eigenvalue weighted by Gasteiger charge is 2.30. The van der Waals surface area contributed by atoms with Crippen LogP contribution in [-0.4, -0.2) is 40.5 Å². The van der Waals surface area contributed by atoms with Crippen LogP contribution in [0.25, 0.3) is 10.9 Å². The van der Waals surface area contributed by atoms with Gasteiger partial charge in [-0.15, -0.1) is 0 Å². The molecule has 94 valence electrons. The molecule has 1 aliphatic heterocycles. The highest BCUT2D eigenvalue weighted by molar-refractivity contribution is 5.98. The van der Waals surface area contributed by atoms with Gasteiger partial charge < -0.3 is 20.8 Å². The molecule has 1 aromatic heterocycles. The van der Waals surface area contributed by atoms with Crippen molar-refractivity contribution in [3.8, 4) is 0 Å². The molecule has 1 saturated heterocycles. The van der Waals surface area contributed by atoms with Crippen LogP contribution < -0.4 is 10.6 Å². The topological polar surface area (TPSA) is 82.6 Å². The van der Waals surface area contributed by atoms with Gasteiger partial charge in [-0.1, -0.05) is 12.1 Å². The van der Waals surface area contributed by atoms with Crippen molar-refractivity contribution in [1.82, 2.24) is 4.98 Å². The maximum absolute atomic E-state index is 9.62. The van der Waals surface area contributed by atoms with E-state index in [-0.39, 0.29) is 0 Å². The molecule has 2 unspecified atom stereocenters. The number of nitrogens with two attached hydrogens (primary N) is 1. The van der Waals surface area contributed by atoms with Crippen LogP contribution in [0.2, 0.25) is 0 Å². The minimum Gasteiger partial charge on any atom is -0.397 e. The van der Waals surface area contributed by atoms with Crippen molar-refractivity contribution >= 4 is 22.3 Å². The van der Waals surface area contributed by atoms with Gasteiger partial charge in [0.05, 0.1) is 23.4 Å². The number of anilines is 2. The van der Waals surface area contributed by atoms with Crippen molar-refractivity contribution in [2.24, 2.45) is 0 Å². The van der Waals surface area contributed by atoms with Crippen LogP contribution in [-0.2, 0) is 0 Å². The molecule has 5 heteroatoms. The first-order valence-corrected chi connectivity index (χ1v) is 5.91. The molecule has 0 radical (unpaired) electrons. The molecule has 1 aliphatic rings. The molecule has 0 bridgehead atoms. The Morgan fingerprint density at radius 3 is 2.61 bits per heavy atom. The van der Waals surface area contributed by atoms with Crippen molar-refractivity contribution in [2.45, 2.75) is 12.2 Å². The number of fused-ring (bicyclic) bond motifs is 1. The van der Waals surface area contributed by atoms with Crippen LogP contribution in [0.5, 0.6) is 0 Å². The number of aliphatic hydroxyl groups is 2. The van der Waals surface area contributed by atoms with E-state index in [1.165, 1.54) is 0 Å². The van der Waals surface area contributed by atoms with E-state index in [1.807, 2.05) is 29.2 Å². The summed E-state index contributed by atoms with van der Waals surface area (Å²) in [5.74, 6) is 0. The quantitative estimate of drug-likeness (QED) is 0.632. The third-order valence-electron chi connectivity index (χ3n) is 3.38. The normalized spacial score (nSPS) is 23.8. The lowest BCUT2D eigenvalue weighted by atomic mass is 10.1. The van der Waals surface area contributed by atoms with E-state index in [9.17, 15) is 10.2 Å². The van der Waals surface area contributed by atoms with Crippen molar-refractivity contribution in [2.75, 3.05) is 23.7 Å². The molecule has 0 aliphatic carbocycles. The molecule has 1 aromatic carbocycles. The number of β-amino-alcohol motifs (C(OH)–C–C–N with tert-alkyl or cyclic N) is 2. The Kier molecular flexibility index (Phi) is 2.57. The molecule has 3 rings (SSSR count). The maximum Gasteiger partial charge on any atom is 0.0990 e. The van der Waals surface area contributed by atoms with E-state index < -0.39 is 12.2 Å². The first-order chi connectivity index (χ1) is 8.66. The molecule has 18 heavy (non-hydrogen) atoms. The van der Waals surface area contributed by atoms with Crippen LogP contribution >= 0.6 is 0 Å². The smallest absolute Gasteiger partial charge is 0.0990 e. The lowest BCUT2D eigenvalue weighted by molar-refractivity contribution is 0.0572. The first-order valence-electron chi connectivity index (χ1n) is 5.91. The fraction of sp³-hybridized carbons (Fsp3) is 0.308. The minimum atomic E-state index is -0.700. The fourth-order valence-electron chi connectivity index (χ4n) is 2.43. The van der Waals surface area contributed by atoms with Crippen LogP contribution in [0, 0.1) is 0 Å². The largest absolute Gasteiger partial charge is 0.397 e. The van der Waals surface area contributed by atoms with Crippen molar-refractivity contribution in [3.63, 3.8) is 0 Å². The van der Waals surface area contributed by atoms with Gasteiger partial charge in [0.1, 0.15) is 0 Å². The van der Waals surface area contributed by atoms with Gasteiger partial charge in [-0.05, 0) is 12.1 Å². The predicted octanol–water partition coefficient (Wildman–Crippen LogP) is 0.359. The second-order valence-electron chi connectivity index (χ2n) is 4.61. The van der Waals surface area contributed by atoms with Gasteiger partial charge in [0.15, 0.2) is 0 Å². The van der Waals surface area contributed by atoms with Gasteiger partial charge in [0, 0.05) is 30.4 Å². The molecule has 2 heterocycles. The number of nitrogens with zero attached hydrogens (tertiary/aromatic N) is 2. The number of benzene rings is 1. The fourth-order valence-corrected chi connectivity index (χ4v) is 2.43. The van der Waals surface area contributed by atoms with Gasteiger partial charge in [0.25, 0.3) is 0 Å². The summed E-state index contributed by atoms with van der Waals surface area (Å²) in [6.45, 7) is 0.851. The lowest BCUT2D eigenvalue weighted by Gasteiger charge is -2.19. The van der Waals surface area contributed by atoms with Gasteiger partial charge in [-0.3, -0.25) is 4.98 Å². The van der Waals surface area contributed by atoms with Crippen LogP contribution in [0.3, 0.4) is 0 Å². The Morgan fingerprint density at radius 1 is 1.17 bits per heavy atom. The summed E-state index contributed by atoms with van der Waals surface area (Å²) in [4.78, 5) is 6.23. The molecule has 0 saturated carbocycles. The Hall–Kier alpha value is -1.85. The summed E-state index contributed by atoms with van der Waals surface area (Å²) in [7, 11) is 0. The van der Waals surface area contributed by atoms with Gasteiger partial charge in [-0.25, -0.2) is 0 Å². The van der Waals surface area contributed by atoms with E-state index in [1.54, 1.807) is 6.20 Å². The number of hydrogen-bond donors (Lipinski definition) is 3. The van der Waals surface area contributed by atoms with Crippen molar-refractivity contribution in [3.05, 3.63) is 30.5 Å². The average molecular weight is 245 g/mol. The van der Waals surface area contributed by atoms with E-state index in [4.69, 9.17) is 5.73 Å². The van der Waals surface area contributed by atoms with E-state index in [0.717, 1.165) is 16.6 Å². The number of pyridine rings is 1. The SMILES string of the molecule is Nc1cccc2c(N3CC(O)C(O)C3)ccnc12. The van der Waals surface area contributed by atoms with E-state index in [0.29, 0.717) is 18.8 Å². The second-order valence-corrected chi connectivity index (χ2v) is 4.61. The molecule has 2 aromatic rings. The van der Waals surface area contributed by atoms with E-state index >= 15 is 0 Å². The van der Waals surface area contributed by atoms with Gasteiger partial charge in [0.2, 0.25) is 0 Å². The molecule has 0 amide bonds. The first kappa shape index (κ1) is 11.3. The molecule has 4 N–H and O–H groups in total. The number of aliphatic hydroxyl groups excluding tert-OH is 2. The molecule has 2 atom stereocenters. The van der Waals surface area contributed by atoms with Gasteiger partial charge in [-0.2, -0.15) is 0 Å². The summed E-state index contributed by atoms with van der Waals surface area (Å²) in [5, 5.41) is 20.2. The highest BCUT2D eigenvalue weighted by Crippen LogP contribution is 2.30. The Balaban J connectivity index is 2.10. The summed E-state index contributed by atoms with van der Waals surface area (Å²) >= 11 is 0. The third-order valence-corrected chi connectivity index (χ3v) is 3.38. The number of rotatable bonds is 1. The molecule has 1 fully saturated rings. The second kappa shape index (κ2) is 4.12. The lowest BCUT2D eigenvalue weighted by Crippen LogP contribution is -2.22. The van der Waals surface area contributed by atoms with Crippen LogP contribution in [0.4, 0.5) is 11.4 Å². The Bertz CT molecular complexity index is 577. The van der Waals surface area contributed by atoms with Crippen molar-refractivity contribution in [1.29, 1.82) is 0 Å². The minimum absolute atomic E-state index is 0.426. The zero-order valence-corrected chi connectivity index (χ0v) is 9.82. The zero-order valence-electron chi connectivity index (χ0n) is 9.82. The number of para-hydroxylation sites is 1. The Labute approximate surface area is 104 Å². The highest BCUT2D eigenvalue weighted by atomic mass is 16.3. The molecular weight excluding hydrogens is 230 g/mol. The third kappa shape index (κ3) is 1.68. The molecule has 5 nitrogen and oxygen atoms in total. The summed E-state index contributed by atoms with van der Waals surface area (Å²) in [6, 6.07) is 7.52. The maximum atomic E-state index is 9.62. The van der Waals surface area contributed by atoms with Crippen molar-refractivity contribution < 1.29 is 10.2 Å². The number of hydrogen-bond acceptors (Lipinski definition) is 5.